The molecule has 0 spiro atoms. The van der Waals surface area contributed by atoms with E-state index in [1.165, 1.54) is 13.0 Å². The Balaban J connectivity index is 1.79. The average molecular weight is 157 g/mol. The molecule has 2 saturated heterocycles. The second kappa shape index (κ2) is 3.09. The molecule has 3 nitrogen and oxygen atoms in total. The lowest BCUT2D eigenvalue weighted by atomic mass is 10.2. The van der Waals surface area contributed by atoms with Gasteiger partial charge in [-0.2, -0.15) is 0 Å². The molecule has 0 bridgehead atoms. The first kappa shape index (κ1) is 7.53. The van der Waals surface area contributed by atoms with E-state index in [9.17, 15) is 0 Å². The smallest absolute Gasteiger partial charge is 0.0710 e. The lowest BCUT2D eigenvalue weighted by Gasteiger charge is -2.34. The predicted octanol–water partition coefficient (Wildman–Crippen LogP) is 0.106. The fourth-order valence-electron chi connectivity index (χ4n) is 1.71. The van der Waals surface area contributed by atoms with Crippen LogP contribution in [0.1, 0.15) is 6.42 Å². The van der Waals surface area contributed by atoms with Gasteiger partial charge in [-0.15, -0.1) is 0 Å². The van der Waals surface area contributed by atoms with Gasteiger partial charge < -0.3 is 9.47 Å². The van der Waals surface area contributed by atoms with Gasteiger partial charge in [-0.05, 0) is 6.42 Å². The van der Waals surface area contributed by atoms with E-state index >= 15 is 0 Å². The van der Waals surface area contributed by atoms with Crippen molar-refractivity contribution < 1.29 is 9.47 Å². The first-order chi connectivity index (χ1) is 5.40. The second-order valence-corrected chi connectivity index (χ2v) is 3.33. The second-order valence-electron chi connectivity index (χ2n) is 3.33. The summed E-state index contributed by atoms with van der Waals surface area (Å²) < 4.78 is 10.4. The zero-order valence-corrected chi connectivity index (χ0v) is 6.95. The van der Waals surface area contributed by atoms with E-state index in [0.717, 1.165) is 19.8 Å². The Hall–Kier alpha value is -0.120. The largest absolute Gasteiger partial charge is 0.380 e. The first-order valence-corrected chi connectivity index (χ1v) is 4.24. The van der Waals surface area contributed by atoms with Crippen molar-refractivity contribution in [2.75, 3.05) is 33.4 Å². The first-order valence-electron chi connectivity index (χ1n) is 4.24. The van der Waals surface area contributed by atoms with E-state index in [1.807, 2.05) is 0 Å². The molecule has 2 rings (SSSR count). The summed E-state index contributed by atoms with van der Waals surface area (Å²) in [6.07, 6.45) is 1.66. The number of likely N-dealkylation sites (tertiary alicyclic amines) is 1. The molecule has 11 heavy (non-hydrogen) atoms. The van der Waals surface area contributed by atoms with E-state index in [1.54, 1.807) is 7.11 Å². The van der Waals surface area contributed by atoms with Gasteiger partial charge in [0.25, 0.3) is 0 Å². The highest BCUT2D eigenvalue weighted by molar-refractivity contribution is 4.84. The number of hydrogen-bond acceptors (Lipinski definition) is 3. The van der Waals surface area contributed by atoms with Gasteiger partial charge >= 0.3 is 0 Å². The van der Waals surface area contributed by atoms with E-state index in [0.29, 0.717) is 12.1 Å². The fraction of sp³-hybridized carbons (Fsp3) is 1.00. The average Bonchev–Trinajstić information content (AvgIpc) is 2.32. The topological polar surface area (TPSA) is 21.7 Å². The molecular formula is C8H15NO2. The minimum atomic E-state index is 0.468. The zero-order valence-electron chi connectivity index (χ0n) is 6.95. The van der Waals surface area contributed by atoms with Crippen molar-refractivity contribution in [3.8, 4) is 0 Å². The lowest BCUT2D eigenvalue weighted by molar-refractivity contribution is -0.0608. The van der Waals surface area contributed by atoms with Gasteiger partial charge in [0.1, 0.15) is 0 Å². The summed E-state index contributed by atoms with van der Waals surface area (Å²) in [6, 6.07) is 0.690. The molecule has 0 aliphatic carbocycles. The van der Waals surface area contributed by atoms with E-state index in [2.05, 4.69) is 4.90 Å². The molecule has 0 aromatic heterocycles. The molecule has 0 aromatic rings. The summed E-state index contributed by atoms with van der Waals surface area (Å²) in [5.41, 5.74) is 0. The number of rotatable bonds is 2. The maximum atomic E-state index is 5.28. The molecule has 0 saturated carbocycles. The van der Waals surface area contributed by atoms with Crippen LogP contribution in [-0.2, 0) is 9.47 Å². The van der Waals surface area contributed by atoms with Crippen molar-refractivity contribution >= 4 is 0 Å². The summed E-state index contributed by atoms with van der Waals surface area (Å²) in [5, 5.41) is 0. The minimum absolute atomic E-state index is 0.468. The van der Waals surface area contributed by atoms with Gasteiger partial charge in [0.2, 0.25) is 0 Å². The number of hydrogen-bond donors (Lipinski definition) is 0. The molecule has 0 N–H and O–H groups in total. The molecule has 0 amide bonds. The van der Waals surface area contributed by atoms with Crippen LogP contribution >= 0.6 is 0 Å². The van der Waals surface area contributed by atoms with Crippen LogP contribution in [0, 0.1) is 0 Å². The van der Waals surface area contributed by atoms with Crippen LogP contribution in [0.5, 0.6) is 0 Å². The van der Waals surface area contributed by atoms with Crippen LogP contribution in [-0.4, -0.2) is 50.5 Å². The molecule has 2 aliphatic heterocycles. The quantitative estimate of drug-likeness (QED) is 0.567. The molecular weight excluding hydrogens is 142 g/mol. The molecule has 2 heterocycles. The standard InChI is InChI=1S/C8H15NO2/c1-10-8-2-3-9(4-8)7-5-11-6-7/h7-8H,2-6H2,1H3/t8-/m0/s1. The van der Waals surface area contributed by atoms with Crippen molar-refractivity contribution in [2.45, 2.75) is 18.6 Å². The summed E-state index contributed by atoms with van der Waals surface area (Å²) in [6.45, 7) is 4.14. The Bertz CT molecular complexity index is 136. The third-order valence-electron chi connectivity index (χ3n) is 2.65. The van der Waals surface area contributed by atoms with Crippen LogP contribution in [0.25, 0.3) is 0 Å². The summed E-state index contributed by atoms with van der Waals surface area (Å²) in [4.78, 5) is 2.47. The maximum Gasteiger partial charge on any atom is 0.0710 e. The molecule has 64 valence electrons. The monoisotopic (exact) mass is 157 g/mol. The SMILES string of the molecule is CO[C@H]1CCN(C2COC2)C1. The van der Waals surface area contributed by atoms with Crippen LogP contribution in [0.15, 0.2) is 0 Å². The minimum Gasteiger partial charge on any atom is -0.380 e. The Kier molecular flexibility index (Phi) is 2.11. The van der Waals surface area contributed by atoms with Crippen molar-refractivity contribution in [3.63, 3.8) is 0 Å². The van der Waals surface area contributed by atoms with E-state index < -0.39 is 0 Å². The third kappa shape index (κ3) is 1.41. The number of nitrogens with zero attached hydrogens (tertiary/aromatic N) is 1. The molecule has 3 heteroatoms. The number of ether oxygens (including phenoxy) is 2. The lowest BCUT2D eigenvalue weighted by Crippen LogP contribution is -2.48. The van der Waals surface area contributed by atoms with Crippen LogP contribution in [0.3, 0.4) is 0 Å². The van der Waals surface area contributed by atoms with Gasteiger partial charge in [0.05, 0.1) is 25.4 Å². The zero-order chi connectivity index (χ0) is 7.68. The Morgan fingerprint density at radius 1 is 1.45 bits per heavy atom. The van der Waals surface area contributed by atoms with Gasteiger partial charge in [-0.3, -0.25) is 4.90 Å². The highest BCUT2D eigenvalue weighted by atomic mass is 16.5. The maximum absolute atomic E-state index is 5.28. The highest BCUT2D eigenvalue weighted by Crippen LogP contribution is 2.18. The molecule has 2 fully saturated rings. The van der Waals surface area contributed by atoms with Crippen molar-refractivity contribution in [1.82, 2.24) is 4.90 Å². The molecule has 0 unspecified atom stereocenters. The Morgan fingerprint density at radius 3 is 2.73 bits per heavy atom. The van der Waals surface area contributed by atoms with Crippen molar-refractivity contribution in [3.05, 3.63) is 0 Å². The molecule has 0 aromatic carbocycles. The summed E-state index contributed by atoms with van der Waals surface area (Å²) in [7, 11) is 1.80. The molecule has 2 aliphatic rings. The van der Waals surface area contributed by atoms with Gasteiger partial charge in [0.15, 0.2) is 0 Å². The van der Waals surface area contributed by atoms with E-state index in [-0.39, 0.29) is 0 Å². The van der Waals surface area contributed by atoms with Crippen LogP contribution < -0.4 is 0 Å². The molecule has 1 atom stereocenters. The molecule has 0 radical (unpaired) electrons. The number of methoxy groups -OCH3 is 1. The van der Waals surface area contributed by atoms with Crippen molar-refractivity contribution in [1.29, 1.82) is 0 Å². The highest BCUT2D eigenvalue weighted by Gasteiger charge is 2.31. The summed E-state index contributed by atoms with van der Waals surface area (Å²) >= 11 is 0. The van der Waals surface area contributed by atoms with Crippen LogP contribution in [0.2, 0.25) is 0 Å². The fourth-order valence-corrected chi connectivity index (χ4v) is 1.71. The van der Waals surface area contributed by atoms with Crippen LogP contribution in [0.4, 0.5) is 0 Å². The van der Waals surface area contributed by atoms with Crippen molar-refractivity contribution in [2.24, 2.45) is 0 Å². The van der Waals surface area contributed by atoms with Gasteiger partial charge in [0, 0.05) is 20.2 Å². The predicted molar refractivity (Wildman–Crippen MR) is 41.6 cm³/mol. The van der Waals surface area contributed by atoms with Gasteiger partial charge in [-0.1, -0.05) is 0 Å². The van der Waals surface area contributed by atoms with E-state index in [4.69, 9.17) is 9.47 Å². The Labute approximate surface area is 67.3 Å². The normalized spacial score (nSPS) is 34.1. The van der Waals surface area contributed by atoms with Gasteiger partial charge in [-0.25, -0.2) is 0 Å². The third-order valence-corrected chi connectivity index (χ3v) is 2.65. The Morgan fingerprint density at radius 2 is 2.27 bits per heavy atom. The summed E-state index contributed by atoms with van der Waals surface area (Å²) in [5.74, 6) is 0.